The number of hydrogen-bond acceptors (Lipinski definition) is 6. The molecule has 2 aromatic carbocycles. The molecule has 0 aliphatic carbocycles. The highest BCUT2D eigenvalue weighted by Gasteiger charge is 2.45. The largest absolute Gasteiger partial charge is 0.481 e. The van der Waals surface area contributed by atoms with Crippen molar-refractivity contribution < 1.29 is 27.8 Å². The molecule has 0 saturated heterocycles. The number of nitrogen functional groups attached to an aromatic ring is 1. The summed E-state index contributed by atoms with van der Waals surface area (Å²) in [6.07, 6.45) is -5.39. The maximum atomic E-state index is 14.3. The summed E-state index contributed by atoms with van der Waals surface area (Å²) in [5.41, 5.74) is 7.86. The van der Waals surface area contributed by atoms with Crippen molar-refractivity contribution in [1.82, 2.24) is 19.7 Å². The number of halogens is 4. The zero-order valence-electron chi connectivity index (χ0n) is 20.3. The van der Waals surface area contributed by atoms with Gasteiger partial charge in [-0.25, -0.2) is 9.67 Å². The highest BCUT2D eigenvalue weighted by molar-refractivity contribution is 6.30. The highest BCUT2D eigenvalue weighted by Crippen LogP contribution is 2.40. The van der Waals surface area contributed by atoms with E-state index in [0.29, 0.717) is 17.7 Å². The molecule has 198 valence electrons. The van der Waals surface area contributed by atoms with Gasteiger partial charge in [-0.1, -0.05) is 48.9 Å². The van der Waals surface area contributed by atoms with Gasteiger partial charge in [-0.15, -0.1) is 0 Å². The number of carboxylic acid groups (broad SMARTS) is 1. The van der Waals surface area contributed by atoms with Gasteiger partial charge < -0.3 is 15.6 Å². The summed E-state index contributed by atoms with van der Waals surface area (Å²) in [6, 6.07) is 13.6. The minimum absolute atomic E-state index is 0.0985. The first-order valence-electron chi connectivity index (χ1n) is 11.4. The maximum Gasteiger partial charge on any atom is 0.429 e. The molecule has 0 fully saturated rings. The quantitative estimate of drug-likeness (QED) is 0.286. The summed E-state index contributed by atoms with van der Waals surface area (Å²) >= 11 is 6.09. The Labute approximate surface area is 220 Å². The van der Waals surface area contributed by atoms with Gasteiger partial charge in [0.1, 0.15) is 0 Å². The van der Waals surface area contributed by atoms with E-state index < -0.39 is 24.2 Å². The summed E-state index contributed by atoms with van der Waals surface area (Å²) in [4.78, 5) is 19.1. The third-order valence-corrected chi connectivity index (χ3v) is 5.95. The second kappa shape index (κ2) is 10.7. The van der Waals surface area contributed by atoms with Crippen LogP contribution in [0, 0.1) is 12.8 Å². The van der Waals surface area contributed by atoms with Crippen molar-refractivity contribution in [2.24, 2.45) is 5.92 Å². The number of aliphatic carboxylic acids is 1. The lowest BCUT2D eigenvalue weighted by Gasteiger charge is -2.24. The Morgan fingerprint density at radius 3 is 2.45 bits per heavy atom. The van der Waals surface area contributed by atoms with Gasteiger partial charge in [-0.05, 0) is 37.1 Å². The van der Waals surface area contributed by atoms with Crippen molar-refractivity contribution in [3.63, 3.8) is 0 Å². The van der Waals surface area contributed by atoms with E-state index in [1.54, 1.807) is 44.2 Å². The van der Waals surface area contributed by atoms with Crippen molar-refractivity contribution in [3.05, 3.63) is 82.6 Å². The van der Waals surface area contributed by atoms with Crippen molar-refractivity contribution in [2.75, 3.05) is 5.73 Å². The summed E-state index contributed by atoms with van der Waals surface area (Å²) in [6.45, 7) is 3.31. The minimum atomic E-state index is -4.83. The number of carboxylic acids is 1. The molecule has 0 aliphatic rings. The first kappa shape index (κ1) is 26.9. The molecule has 0 aliphatic heterocycles. The first-order valence-corrected chi connectivity index (χ1v) is 11.8. The van der Waals surface area contributed by atoms with Crippen LogP contribution in [-0.4, -0.2) is 37.0 Å². The third-order valence-electron chi connectivity index (χ3n) is 5.71. The van der Waals surface area contributed by atoms with Gasteiger partial charge in [0.2, 0.25) is 17.9 Å². The molecular formula is C26H23ClF3N5O3. The first-order chi connectivity index (χ1) is 17.9. The molecule has 2 heterocycles. The molecule has 8 nitrogen and oxygen atoms in total. The van der Waals surface area contributed by atoms with Crippen molar-refractivity contribution in [3.8, 4) is 22.8 Å². The van der Waals surface area contributed by atoms with Gasteiger partial charge in [0.25, 0.3) is 0 Å². The number of carbonyl (C=O) groups is 1. The molecule has 0 amide bonds. The van der Waals surface area contributed by atoms with E-state index in [1.165, 1.54) is 35.1 Å². The van der Waals surface area contributed by atoms with Crippen LogP contribution in [-0.2, 0) is 11.2 Å². The smallest absolute Gasteiger partial charge is 0.429 e. The molecule has 0 radical (unpaired) electrons. The van der Waals surface area contributed by atoms with E-state index in [0.717, 1.165) is 5.56 Å². The number of alkyl halides is 3. The highest BCUT2D eigenvalue weighted by atomic mass is 35.5. The Balaban J connectivity index is 1.68. The van der Waals surface area contributed by atoms with Crippen LogP contribution in [0.15, 0.2) is 60.8 Å². The number of benzene rings is 2. The van der Waals surface area contributed by atoms with E-state index in [2.05, 4.69) is 15.1 Å². The summed E-state index contributed by atoms with van der Waals surface area (Å²) in [5.74, 6) is -2.14. The van der Waals surface area contributed by atoms with Gasteiger partial charge in [0.15, 0.2) is 0 Å². The summed E-state index contributed by atoms with van der Waals surface area (Å²) in [5, 5.41) is 13.6. The zero-order valence-corrected chi connectivity index (χ0v) is 21.0. The van der Waals surface area contributed by atoms with Crippen molar-refractivity contribution >= 4 is 23.5 Å². The number of ether oxygens (including phenoxy) is 1. The lowest BCUT2D eigenvalue weighted by Crippen LogP contribution is -2.28. The average Bonchev–Trinajstić information content (AvgIpc) is 3.28. The molecule has 0 unspecified atom stereocenters. The van der Waals surface area contributed by atoms with Crippen LogP contribution in [0.5, 0.6) is 5.88 Å². The van der Waals surface area contributed by atoms with Crippen LogP contribution in [0.1, 0.15) is 29.8 Å². The Morgan fingerprint density at radius 1 is 1.13 bits per heavy atom. The molecule has 4 aromatic rings. The summed E-state index contributed by atoms with van der Waals surface area (Å²) in [7, 11) is 0. The number of hydrogen-bond donors (Lipinski definition) is 2. The molecule has 3 N–H and O–H groups in total. The summed E-state index contributed by atoms with van der Waals surface area (Å²) < 4.78 is 49.7. The van der Waals surface area contributed by atoms with Crippen molar-refractivity contribution in [2.45, 2.75) is 32.5 Å². The molecule has 38 heavy (non-hydrogen) atoms. The van der Waals surface area contributed by atoms with Gasteiger partial charge in [-0.3, -0.25) is 4.79 Å². The van der Waals surface area contributed by atoms with Gasteiger partial charge >= 0.3 is 12.1 Å². The number of aryl methyl sites for hydroxylation is 1. The maximum absolute atomic E-state index is 14.3. The number of rotatable bonds is 8. The predicted octanol–water partition coefficient (Wildman–Crippen LogP) is 5.82. The molecule has 4 rings (SSSR count). The molecule has 0 bridgehead atoms. The predicted molar refractivity (Wildman–Crippen MR) is 135 cm³/mol. The van der Waals surface area contributed by atoms with Crippen LogP contribution in [0.25, 0.3) is 16.9 Å². The molecule has 0 spiro atoms. The van der Waals surface area contributed by atoms with E-state index in [9.17, 15) is 18.0 Å². The zero-order chi connectivity index (χ0) is 27.6. The van der Waals surface area contributed by atoms with Crippen LogP contribution in [0.2, 0.25) is 5.02 Å². The van der Waals surface area contributed by atoms with E-state index in [-0.39, 0.29) is 33.8 Å². The van der Waals surface area contributed by atoms with Gasteiger partial charge in [0.05, 0.1) is 23.0 Å². The Kier molecular flexibility index (Phi) is 7.58. The Bertz CT molecular complexity index is 1460. The monoisotopic (exact) mass is 545 g/mol. The van der Waals surface area contributed by atoms with Gasteiger partial charge in [0, 0.05) is 28.4 Å². The fourth-order valence-electron chi connectivity index (χ4n) is 3.82. The normalized spacial score (nSPS) is 13.2. The second-order valence-electron chi connectivity index (χ2n) is 8.73. The standard InChI is InChI=1S/C26H23ClF3N5O3/c1-14(24(36)37)11-16-3-5-17(6-4-16)20-13-22(33-25(31)32-20)38-23(26(28,29)30)19-8-7-18(27)12-21(19)35-10-9-15(2)34-35/h3-10,12-14,23H,11H2,1-2H3,(H,36,37)(H2,31,32,33)/t14-,23+/m0/s1. The Morgan fingerprint density at radius 2 is 1.84 bits per heavy atom. The number of nitrogens with zero attached hydrogens (tertiary/aromatic N) is 4. The topological polar surface area (TPSA) is 116 Å². The Hall–Kier alpha value is -4.12. The number of anilines is 1. The molecule has 2 aromatic heterocycles. The van der Waals surface area contributed by atoms with Crippen LogP contribution in [0.3, 0.4) is 0 Å². The average molecular weight is 546 g/mol. The minimum Gasteiger partial charge on any atom is -0.481 e. The molecule has 0 saturated carbocycles. The van der Waals surface area contributed by atoms with Crippen LogP contribution >= 0.6 is 11.6 Å². The fourth-order valence-corrected chi connectivity index (χ4v) is 3.98. The number of nitrogens with two attached hydrogens (primary N) is 1. The van der Waals surface area contributed by atoms with E-state index >= 15 is 0 Å². The lowest BCUT2D eigenvalue weighted by molar-refractivity contribution is -0.198. The fraction of sp³-hybridized carbons (Fsp3) is 0.231. The van der Waals surface area contributed by atoms with E-state index in [4.69, 9.17) is 27.2 Å². The van der Waals surface area contributed by atoms with Crippen LogP contribution in [0.4, 0.5) is 19.1 Å². The third kappa shape index (κ3) is 6.23. The SMILES string of the molecule is Cc1ccn(-c2cc(Cl)ccc2[C@@H](Oc2cc(-c3ccc(C[C@H](C)C(=O)O)cc3)nc(N)n2)C(F)(F)F)n1. The van der Waals surface area contributed by atoms with Gasteiger partial charge in [-0.2, -0.15) is 23.3 Å². The van der Waals surface area contributed by atoms with Crippen LogP contribution < -0.4 is 10.5 Å². The number of aromatic nitrogens is 4. The molecule has 2 atom stereocenters. The van der Waals surface area contributed by atoms with Crippen molar-refractivity contribution in [1.29, 1.82) is 0 Å². The molecule has 12 heteroatoms. The lowest BCUT2D eigenvalue weighted by atomic mass is 9.99. The molecular weight excluding hydrogens is 523 g/mol. The second-order valence-corrected chi connectivity index (χ2v) is 9.17. The van der Waals surface area contributed by atoms with E-state index in [1.807, 2.05) is 0 Å².